The molecular formula is C14H17N3O3. The van der Waals surface area contributed by atoms with Gasteiger partial charge in [0.05, 0.1) is 13.3 Å². The van der Waals surface area contributed by atoms with Gasteiger partial charge in [0.1, 0.15) is 5.82 Å². The van der Waals surface area contributed by atoms with E-state index in [4.69, 9.17) is 9.47 Å². The van der Waals surface area contributed by atoms with Gasteiger partial charge in [0.25, 0.3) is 5.91 Å². The predicted molar refractivity (Wildman–Crippen MR) is 75.1 cm³/mol. The number of nitrogens with zero attached hydrogens (tertiary/aromatic N) is 1. The van der Waals surface area contributed by atoms with Crippen molar-refractivity contribution in [1.29, 1.82) is 0 Å². The van der Waals surface area contributed by atoms with E-state index >= 15 is 0 Å². The Morgan fingerprint density at radius 2 is 2.10 bits per heavy atom. The van der Waals surface area contributed by atoms with Crippen molar-refractivity contribution >= 4 is 11.7 Å². The predicted octanol–water partition coefficient (Wildman–Crippen LogP) is 2.00. The molecule has 0 saturated carbocycles. The SMILES string of the molecule is CCc1cn[nH]c1NC(=O)COc1ccccc1OC. The third-order valence-electron chi connectivity index (χ3n) is 2.79. The van der Waals surface area contributed by atoms with Gasteiger partial charge in [-0.05, 0) is 18.6 Å². The average Bonchev–Trinajstić information content (AvgIpc) is 2.92. The number of para-hydroxylation sites is 2. The number of carbonyl (C=O) groups excluding carboxylic acids is 1. The largest absolute Gasteiger partial charge is 0.493 e. The molecule has 0 saturated heterocycles. The van der Waals surface area contributed by atoms with E-state index in [-0.39, 0.29) is 12.5 Å². The van der Waals surface area contributed by atoms with Crippen LogP contribution in [0.1, 0.15) is 12.5 Å². The number of amides is 1. The number of hydrogen-bond donors (Lipinski definition) is 2. The van der Waals surface area contributed by atoms with Crippen molar-refractivity contribution in [3.63, 3.8) is 0 Å². The van der Waals surface area contributed by atoms with Gasteiger partial charge < -0.3 is 14.8 Å². The van der Waals surface area contributed by atoms with Crippen LogP contribution < -0.4 is 14.8 Å². The van der Waals surface area contributed by atoms with Crippen molar-refractivity contribution in [1.82, 2.24) is 10.2 Å². The molecule has 106 valence electrons. The summed E-state index contributed by atoms with van der Waals surface area (Å²) in [6.45, 7) is 1.90. The Hall–Kier alpha value is -2.50. The number of methoxy groups -OCH3 is 1. The number of benzene rings is 1. The maximum Gasteiger partial charge on any atom is 0.263 e. The molecule has 1 heterocycles. The highest BCUT2D eigenvalue weighted by Crippen LogP contribution is 2.25. The van der Waals surface area contributed by atoms with Crippen molar-refractivity contribution < 1.29 is 14.3 Å². The van der Waals surface area contributed by atoms with Gasteiger partial charge in [-0.1, -0.05) is 19.1 Å². The van der Waals surface area contributed by atoms with Gasteiger partial charge in [0, 0.05) is 5.56 Å². The van der Waals surface area contributed by atoms with Crippen LogP contribution in [-0.2, 0) is 11.2 Å². The van der Waals surface area contributed by atoms with Crippen LogP contribution in [0.25, 0.3) is 0 Å². The highest BCUT2D eigenvalue weighted by atomic mass is 16.5. The van der Waals surface area contributed by atoms with E-state index in [1.54, 1.807) is 25.4 Å². The number of aromatic amines is 1. The Balaban J connectivity index is 1.92. The highest BCUT2D eigenvalue weighted by molar-refractivity contribution is 5.91. The summed E-state index contributed by atoms with van der Waals surface area (Å²) in [5.41, 5.74) is 0.954. The van der Waals surface area contributed by atoms with E-state index in [0.717, 1.165) is 12.0 Å². The topological polar surface area (TPSA) is 76.2 Å². The minimum absolute atomic E-state index is 0.0947. The zero-order valence-electron chi connectivity index (χ0n) is 11.5. The summed E-state index contributed by atoms with van der Waals surface area (Å²) in [4.78, 5) is 11.8. The molecule has 0 fully saturated rings. The lowest BCUT2D eigenvalue weighted by Gasteiger charge is -2.10. The van der Waals surface area contributed by atoms with E-state index in [1.807, 2.05) is 19.1 Å². The van der Waals surface area contributed by atoms with Gasteiger partial charge in [0.15, 0.2) is 18.1 Å². The van der Waals surface area contributed by atoms with Crippen molar-refractivity contribution in [3.8, 4) is 11.5 Å². The van der Waals surface area contributed by atoms with Gasteiger partial charge in [-0.15, -0.1) is 0 Å². The number of carbonyl (C=O) groups is 1. The molecular weight excluding hydrogens is 258 g/mol. The number of aryl methyl sites for hydroxylation is 1. The fourth-order valence-electron chi connectivity index (χ4n) is 1.74. The first-order valence-electron chi connectivity index (χ1n) is 6.32. The summed E-state index contributed by atoms with van der Waals surface area (Å²) in [5, 5.41) is 9.36. The Kier molecular flexibility index (Phi) is 4.60. The van der Waals surface area contributed by atoms with Crippen molar-refractivity contribution in [2.45, 2.75) is 13.3 Å². The van der Waals surface area contributed by atoms with Crippen LogP contribution in [0.3, 0.4) is 0 Å². The number of rotatable bonds is 6. The molecule has 6 nitrogen and oxygen atoms in total. The molecule has 1 aromatic carbocycles. The molecule has 2 N–H and O–H groups in total. The first-order chi connectivity index (χ1) is 9.74. The Morgan fingerprint density at radius 1 is 1.35 bits per heavy atom. The number of hydrogen-bond acceptors (Lipinski definition) is 4. The lowest BCUT2D eigenvalue weighted by atomic mass is 10.2. The molecule has 0 bridgehead atoms. The maximum atomic E-state index is 11.8. The first kappa shape index (κ1) is 13.9. The Labute approximate surface area is 117 Å². The number of ether oxygens (including phenoxy) is 2. The Bertz CT molecular complexity index is 581. The summed E-state index contributed by atoms with van der Waals surface area (Å²) >= 11 is 0. The fraction of sp³-hybridized carbons (Fsp3) is 0.286. The molecule has 0 atom stereocenters. The van der Waals surface area contributed by atoms with Gasteiger partial charge >= 0.3 is 0 Å². The second-order valence-electron chi connectivity index (χ2n) is 4.11. The molecule has 20 heavy (non-hydrogen) atoms. The summed E-state index contributed by atoms with van der Waals surface area (Å²) in [7, 11) is 1.56. The number of anilines is 1. The van der Waals surface area contributed by atoms with Crippen LogP contribution in [0.4, 0.5) is 5.82 Å². The molecule has 2 aromatic rings. The van der Waals surface area contributed by atoms with Crippen molar-refractivity contribution in [2.75, 3.05) is 19.0 Å². The van der Waals surface area contributed by atoms with Gasteiger partial charge in [-0.2, -0.15) is 5.10 Å². The Morgan fingerprint density at radius 3 is 2.80 bits per heavy atom. The highest BCUT2D eigenvalue weighted by Gasteiger charge is 2.10. The number of H-pyrrole nitrogens is 1. The molecule has 0 aliphatic rings. The minimum Gasteiger partial charge on any atom is -0.493 e. The van der Waals surface area contributed by atoms with Gasteiger partial charge in [0.2, 0.25) is 0 Å². The molecule has 0 spiro atoms. The van der Waals surface area contributed by atoms with Gasteiger partial charge in [-0.25, -0.2) is 0 Å². The molecule has 6 heteroatoms. The summed E-state index contributed by atoms with van der Waals surface area (Å²) < 4.78 is 10.6. The summed E-state index contributed by atoms with van der Waals surface area (Å²) in [5.74, 6) is 1.48. The van der Waals surface area contributed by atoms with E-state index < -0.39 is 0 Å². The molecule has 1 amide bonds. The molecule has 1 aromatic heterocycles. The third-order valence-corrected chi connectivity index (χ3v) is 2.79. The number of aromatic nitrogens is 2. The second kappa shape index (κ2) is 6.60. The second-order valence-corrected chi connectivity index (χ2v) is 4.11. The molecule has 0 aliphatic carbocycles. The smallest absolute Gasteiger partial charge is 0.263 e. The van der Waals surface area contributed by atoms with Crippen LogP contribution in [0.5, 0.6) is 11.5 Å². The van der Waals surface area contributed by atoms with Crippen LogP contribution in [-0.4, -0.2) is 29.8 Å². The van der Waals surface area contributed by atoms with E-state index in [1.165, 1.54) is 0 Å². The standard InChI is InChI=1S/C14H17N3O3/c1-3-10-8-15-17-14(10)16-13(18)9-20-12-7-5-4-6-11(12)19-2/h4-8H,3,9H2,1-2H3,(H2,15,16,17,18). The van der Waals surface area contributed by atoms with E-state index in [0.29, 0.717) is 17.3 Å². The average molecular weight is 275 g/mol. The maximum absolute atomic E-state index is 11.8. The number of nitrogens with one attached hydrogen (secondary N) is 2. The third kappa shape index (κ3) is 3.28. The molecule has 0 aliphatic heterocycles. The fourth-order valence-corrected chi connectivity index (χ4v) is 1.74. The van der Waals surface area contributed by atoms with Crippen LogP contribution in [0, 0.1) is 0 Å². The molecule has 2 rings (SSSR count). The summed E-state index contributed by atoms with van der Waals surface area (Å²) in [6.07, 6.45) is 2.48. The first-order valence-corrected chi connectivity index (χ1v) is 6.32. The van der Waals surface area contributed by atoms with Crippen LogP contribution in [0.15, 0.2) is 30.5 Å². The van der Waals surface area contributed by atoms with Crippen LogP contribution in [0.2, 0.25) is 0 Å². The zero-order valence-corrected chi connectivity index (χ0v) is 11.5. The van der Waals surface area contributed by atoms with Crippen LogP contribution >= 0.6 is 0 Å². The van der Waals surface area contributed by atoms with E-state index in [9.17, 15) is 4.79 Å². The van der Waals surface area contributed by atoms with E-state index in [2.05, 4.69) is 15.5 Å². The monoisotopic (exact) mass is 275 g/mol. The lowest BCUT2D eigenvalue weighted by Crippen LogP contribution is -2.21. The summed E-state index contributed by atoms with van der Waals surface area (Å²) in [6, 6.07) is 7.18. The molecule has 0 unspecified atom stereocenters. The normalized spacial score (nSPS) is 10.1. The molecule has 0 radical (unpaired) electrons. The lowest BCUT2D eigenvalue weighted by molar-refractivity contribution is -0.118. The zero-order chi connectivity index (χ0) is 14.4. The quantitative estimate of drug-likeness (QED) is 0.845. The van der Waals surface area contributed by atoms with Gasteiger partial charge in [-0.3, -0.25) is 9.89 Å². The minimum atomic E-state index is -0.255. The van der Waals surface area contributed by atoms with Crippen molar-refractivity contribution in [3.05, 3.63) is 36.0 Å². The van der Waals surface area contributed by atoms with Crippen molar-refractivity contribution in [2.24, 2.45) is 0 Å².